The lowest BCUT2D eigenvalue weighted by Gasteiger charge is -2.08. The molecule has 104 valence electrons. The van der Waals surface area contributed by atoms with Gasteiger partial charge in [0.1, 0.15) is 0 Å². The van der Waals surface area contributed by atoms with E-state index in [1.54, 1.807) is 12.3 Å². The van der Waals surface area contributed by atoms with Gasteiger partial charge in [-0.1, -0.05) is 13.8 Å². The van der Waals surface area contributed by atoms with Crippen LogP contribution in [0.15, 0.2) is 23.1 Å². The molecule has 0 spiro atoms. The van der Waals surface area contributed by atoms with E-state index in [-0.39, 0.29) is 17.2 Å². The second-order valence-corrected chi connectivity index (χ2v) is 5.13. The van der Waals surface area contributed by atoms with Crippen LogP contribution in [0, 0.1) is 16.0 Å². The second-order valence-electron chi connectivity index (χ2n) is 4.28. The van der Waals surface area contributed by atoms with Gasteiger partial charge in [0.15, 0.2) is 0 Å². The van der Waals surface area contributed by atoms with Crippen LogP contribution in [-0.4, -0.2) is 23.7 Å². The molecule has 0 fully saturated rings. The molecule has 1 amide bonds. The third-order valence-corrected chi connectivity index (χ3v) is 3.00. The van der Waals surface area contributed by atoms with Gasteiger partial charge < -0.3 is 0 Å². The maximum absolute atomic E-state index is 11.7. The van der Waals surface area contributed by atoms with E-state index in [9.17, 15) is 14.9 Å². The van der Waals surface area contributed by atoms with Crippen molar-refractivity contribution >= 4 is 23.4 Å². The Bertz CT molecular complexity index is 477. The lowest BCUT2D eigenvalue weighted by Crippen LogP contribution is -2.25. The fourth-order valence-electron chi connectivity index (χ4n) is 1.31. The van der Waals surface area contributed by atoms with Crippen LogP contribution in [-0.2, 0) is 4.84 Å². The van der Waals surface area contributed by atoms with E-state index >= 15 is 0 Å². The fourth-order valence-corrected chi connectivity index (χ4v) is 1.85. The molecular weight excluding hydrogens is 268 g/mol. The van der Waals surface area contributed by atoms with Crippen molar-refractivity contribution in [2.45, 2.75) is 18.7 Å². The number of rotatable bonds is 6. The Morgan fingerprint density at radius 1 is 1.53 bits per heavy atom. The molecule has 0 heterocycles. The molecule has 1 rings (SSSR count). The van der Waals surface area contributed by atoms with E-state index in [0.29, 0.717) is 11.5 Å². The van der Waals surface area contributed by atoms with Crippen molar-refractivity contribution in [1.82, 2.24) is 5.48 Å². The summed E-state index contributed by atoms with van der Waals surface area (Å²) >= 11 is 1.26. The van der Waals surface area contributed by atoms with Gasteiger partial charge in [0, 0.05) is 11.6 Å². The summed E-state index contributed by atoms with van der Waals surface area (Å²) in [5.41, 5.74) is 2.39. The molecule has 0 aliphatic carbocycles. The summed E-state index contributed by atoms with van der Waals surface area (Å²) in [7, 11) is 0. The number of carbonyl (C=O) groups is 1. The first-order valence-corrected chi connectivity index (χ1v) is 6.92. The zero-order valence-electron chi connectivity index (χ0n) is 11.0. The van der Waals surface area contributed by atoms with Gasteiger partial charge in [-0.15, -0.1) is 11.8 Å². The molecule has 6 nitrogen and oxygen atoms in total. The number of benzene rings is 1. The SMILES string of the molecule is CSc1ccc(C(=O)NOCC(C)C)cc1[N+](=O)[O-]. The molecule has 0 saturated carbocycles. The number of hydrogen-bond donors (Lipinski definition) is 1. The quantitative estimate of drug-likeness (QED) is 0.493. The Hall–Kier alpha value is -1.60. The standard InChI is InChI=1S/C12H16N2O4S/c1-8(2)7-18-13-12(15)9-4-5-11(19-3)10(6-9)14(16)17/h4-6,8H,7H2,1-3H3,(H,13,15). The average molecular weight is 284 g/mol. The zero-order valence-corrected chi connectivity index (χ0v) is 11.8. The Morgan fingerprint density at radius 2 is 2.21 bits per heavy atom. The van der Waals surface area contributed by atoms with Gasteiger partial charge >= 0.3 is 0 Å². The van der Waals surface area contributed by atoms with E-state index in [4.69, 9.17) is 4.84 Å². The van der Waals surface area contributed by atoms with Gasteiger partial charge in [0.2, 0.25) is 0 Å². The lowest BCUT2D eigenvalue weighted by molar-refractivity contribution is -0.387. The summed E-state index contributed by atoms with van der Waals surface area (Å²) < 4.78 is 0. The highest BCUT2D eigenvalue weighted by atomic mass is 32.2. The Kier molecular flexibility index (Phi) is 5.78. The van der Waals surface area contributed by atoms with E-state index in [1.165, 1.54) is 23.9 Å². The molecule has 0 aliphatic rings. The smallest absolute Gasteiger partial charge is 0.273 e. The van der Waals surface area contributed by atoms with Crippen molar-refractivity contribution < 1.29 is 14.6 Å². The average Bonchev–Trinajstić information content (AvgIpc) is 2.37. The predicted octanol–water partition coefficient (Wildman–Crippen LogP) is 2.63. The highest BCUT2D eigenvalue weighted by Gasteiger charge is 2.17. The first-order chi connectivity index (χ1) is 8.95. The monoisotopic (exact) mass is 284 g/mol. The third kappa shape index (κ3) is 4.53. The van der Waals surface area contributed by atoms with Crippen LogP contribution >= 0.6 is 11.8 Å². The molecule has 19 heavy (non-hydrogen) atoms. The van der Waals surface area contributed by atoms with Gasteiger partial charge in [-0.2, -0.15) is 0 Å². The molecule has 1 aromatic rings. The molecule has 7 heteroatoms. The minimum Gasteiger partial charge on any atom is -0.273 e. The van der Waals surface area contributed by atoms with Crippen LogP contribution in [0.25, 0.3) is 0 Å². The number of hydroxylamine groups is 1. The van der Waals surface area contributed by atoms with Crippen LogP contribution in [0.1, 0.15) is 24.2 Å². The molecule has 1 N–H and O–H groups in total. The zero-order chi connectivity index (χ0) is 14.4. The molecule has 0 unspecified atom stereocenters. The molecule has 0 atom stereocenters. The minimum atomic E-state index is -0.502. The van der Waals surface area contributed by atoms with Crippen LogP contribution in [0.3, 0.4) is 0 Å². The molecular formula is C12H16N2O4S. The van der Waals surface area contributed by atoms with E-state index in [2.05, 4.69) is 5.48 Å². The van der Waals surface area contributed by atoms with Gasteiger partial charge in [-0.3, -0.25) is 19.7 Å². The number of carbonyl (C=O) groups excluding carboxylic acids is 1. The molecule has 1 aromatic carbocycles. The largest absolute Gasteiger partial charge is 0.283 e. The van der Waals surface area contributed by atoms with Crippen molar-refractivity contribution in [3.63, 3.8) is 0 Å². The van der Waals surface area contributed by atoms with Crippen molar-refractivity contribution in [3.8, 4) is 0 Å². The highest BCUT2D eigenvalue weighted by molar-refractivity contribution is 7.98. The predicted molar refractivity (Wildman–Crippen MR) is 73.1 cm³/mol. The number of hydrogen-bond acceptors (Lipinski definition) is 5. The topological polar surface area (TPSA) is 81.5 Å². The van der Waals surface area contributed by atoms with Gasteiger partial charge in [0.05, 0.1) is 16.4 Å². The summed E-state index contributed by atoms with van der Waals surface area (Å²) in [5, 5.41) is 10.9. The number of nitro benzene ring substituents is 1. The molecule has 0 aromatic heterocycles. The number of nitro groups is 1. The summed E-state index contributed by atoms with van der Waals surface area (Å²) in [4.78, 5) is 27.6. The molecule has 0 bridgehead atoms. The molecule has 0 saturated heterocycles. The number of thioether (sulfide) groups is 1. The first kappa shape index (κ1) is 15.5. The maximum atomic E-state index is 11.7. The van der Waals surface area contributed by atoms with E-state index in [0.717, 1.165) is 0 Å². The summed E-state index contributed by atoms with van der Waals surface area (Å²) in [6, 6.07) is 4.34. The van der Waals surface area contributed by atoms with Crippen LogP contribution in [0.2, 0.25) is 0 Å². The Morgan fingerprint density at radius 3 is 2.74 bits per heavy atom. The van der Waals surface area contributed by atoms with Crippen LogP contribution in [0.5, 0.6) is 0 Å². The Labute approximate surface area is 115 Å². The highest BCUT2D eigenvalue weighted by Crippen LogP contribution is 2.28. The van der Waals surface area contributed by atoms with Crippen molar-refractivity contribution in [2.24, 2.45) is 5.92 Å². The Balaban J connectivity index is 2.81. The van der Waals surface area contributed by atoms with Gasteiger partial charge in [-0.25, -0.2) is 5.48 Å². The summed E-state index contributed by atoms with van der Waals surface area (Å²) in [5.74, 6) is -0.204. The van der Waals surface area contributed by atoms with Crippen LogP contribution < -0.4 is 5.48 Å². The molecule has 0 aliphatic heterocycles. The van der Waals surface area contributed by atoms with Crippen molar-refractivity contribution in [1.29, 1.82) is 0 Å². The van der Waals surface area contributed by atoms with Crippen molar-refractivity contribution in [2.75, 3.05) is 12.9 Å². The van der Waals surface area contributed by atoms with E-state index in [1.807, 2.05) is 13.8 Å². The van der Waals surface area contributed by atoms with Crippen LogP contribution in [0.4, 0.5) is 5.69 Å². The second kappa shape index (κ2) is 7.10. The minimum absolute atomic E-state index is 0.0796. The van der Waals surface area contributed by atoms with E-state index < -0.39 is 10.8 Å². The van der Waals surface area contributed by atoms with Gasteiger partial charge in [0.25, 0.3) is 11.6 Å². The summed E-state index contributed by atoms with van der Waals surface area (Å²) in [6.45, 7) is 4.28. The normalized spacial score (nSPS) is 10.5. The lowest BCUT2D eigenvalue weighted by atomic mass is 10.2. The number of nitrogens with zero attached hydrogens (tertiary/aromatic N) is 1. The number of amides is 1. The first-order valence-electron chi connectivity index (χ1n) is 5.70. The molecule has 0 radical (unpaired) electrons. The fraction of sp³-hybridized carbons (Fsp3) is 0.417. The third-order valence-electron chi connectivity index (χ3n) is 2.22. The summed E-state index contributed by atoms with van der Waals surface area (Å²) in [6.07, 6.45) is 1.74. The number of nitrogens with one attached hydrogen (secondary N) is 1. The van der Waals surface area contributed by atoms with Crippen molar-refractivity contribution in [3.05, 3.63) is 33.9 Å². The maximum Gasteiger partial charge on any atom is 0.283 e. The van der Waals surface area contributed by atoms with Gasteiger partial charge in [-0.05, 0) is 24.3 Å².